The number of carbonyl (C=O) groups excluding carboxylic acids is 2. The molecule has 0 aliphatic heterocycles. The number of unbranched alkanes of at least 4 members (excludes halogenated alkanes) is 60. The minimum atomic E-state index is -4.64. The number of allylic oxidation sites excluding steroid dienone is 4. The topological polar surface area (TPSA) is 111 Å². The molecule has 0 N–H and O–H groups in total. The first-order chi connectivity index (χ1) is 45.0. The highest BCUT2D eigenvalue weighted by molar-refractivity contribution is 7.45. The van der Waals surface area contributed by atoms with E-state index in [0.29, 0.717) is 17.4 Å². The van der Waals surface area contributed by atoms with Crippen molar-refractivity contribution >= 4 is 19.8 Å². The molecule has 0 spiro atoms. The normalized spacial score (nSPS) is 13.1. The van der Waals surface area contributed by atoms with Crippen LogP contribution in [-0.4, -0.2) is 70.0 Å². The molecule has 0 saturated heterocycles. The lowest BCUT2D eigenvalue weighted by Gasteiger charge is -2.28. The van der Waals surface area contributed by atoms with Crippen molar-refractivity contribution in [1.29, 1.82) is 0 Å². The molecule has 0 heterocycles. The zero-order valence-electron chi connectivity index (χ0n) is 62.5. The van der Waals surface area contributed by atoms with Crippen LogP contribution in [0.25, 0.3) is 0 Å². The second kappa shape index (κ2) is 73.7. The van der Waals surface area contributed by atoms with Crippen molar-refractivity contribution in [2.45, 2.75) is 444 Å². The number of hydrogen-bond donors (Lipinski definition) is 0. The second-order valence-corrected chi connectivity index (χ2v) is 30.9. The highest BCUT2D eigenvalue weighted by atomic mass is 31.2. The number of rotatable bonds is 78. The van der Waals surface area contributed by atoms with Gasteiger partial charge in [-0.3, -0.25) is 14.2 Å². The van der Waals surface area contributed by atoms with Crippen LogP contribution < -0.4 is 4.89 Å². The smallest absolute Gasteiger partial charge is 0.306 e. The molecule has 9 nitrogen and oxygen atoms in total. The molecule has 0 saturated carbocycles. The predicted molar refractivity (Wildman–Crippen MR) is 398 cm³/mol. The van der Waals surface area contributed by atoms with Gasteiger partial charge in [-0.1, -0.05) is 404 Å². The van der Waals surface area contributed by atoms with Gasteiger partial charge in [0.25, 0.3) is 7.82 Å². The molecule has 92 heavy (non-hydrogen) atoms. The monoisotopic (exact) mass is 1320 g/mol. The van der Waals surface area contributed by atoms with Gasteiger partial charge < -0.3 is 27.9 Å². The fraction of sp³-hybridized carbons (Fsp3) is 0.927. The Morgan fingerprint density at radius 2 is 0.587 bits per heavy atom. The average Bonchev–Trinajstić information content (AvgIpc) is 2.34. The molecule has 0 aromatic rings. The van der Waals surface area contributed by atoms with E-state index in [1.165, 1.54) is 366 Å². The van der Waals surface area contributed by atoms with Gasteiger partial charge in [0.05, 0.1) is 27.7 Å². The summed E-state index contributed by atoms with van der Waals surface area (Å²) in [4.78, 5) is 38.2. The van der Waals surface area contributed by atoms with E-state index >= 15 is 0 Å². The van der Waals surface area contributed by atoms with E-state index in [1.807, 2.05) is 21.1 Å². The summed E-state index contributed by atoms with van der Waals surface area (Å²) in [6.45, 7) is 4.33. The van der Waals surface area contributed by atoms with Crippen LogP contribution >= 0.6 is 7.82 Å². The van der Waals surface area contributed by atoms with Crippen molar-refractivity contribution in [2.75, 3.05) is 47.5 Å². The van der Waals surface area contributed by atoms with Gasteiger partial charge in [-0.05, 0) is 44.9 Å². The lowest BCUT2D eigenvalue weighted by molar-refractivity contribution is -0.870. The van der Waals surface area contributed by atoms with Gasteiger partial charge in [0.2, 0.25) is 0 Å². The third-order valence-corrected chi connectivity index (χ3v) is 19.9. The molecule has 2 unspecified atom stereocenters. The minimum Gasteiger partial charge on any atom is -0.756 e. The van der Waals surface area contributed by atoms with Crippen LogP contribution in [0.3, 0.4) is 0 Å². The highest BCUT2D eigenvalue weighted by Crippen LogP contribution is 2.38. The molecule has 2 atom stereocenters. The fourth-order valence-electron chi connectivity index (χ4n) is 12.7. The second-order valence-electron chi connectivity index (χ2n) is 29.5. The van der Waals surface area contributed by atoms with E-state index in [9.17, 15) is 19.0 Å². The van der Waals surface area contributed by atoms with Crippen molar-refractivity contribution in [1.82, 2.24) is 0 Å². The van der Waals surface area contributed by atoms with E-state index in [1.54, 1.807) is 0 Å². The van der Waals surface area contributed by atoms with Gasteiger partial charge in [0.15, 0.2) is 6.10 Å². The summed E-state index contributed by atoms with van der Waals surface area (Å²) in [6.07, 6.45) is 94.6. The molecule has 0 aliphatic carbocycles. The Hall–Kier alpha value is -1.51. The van der Waals surface area contributed by atoms with E-state index in [-0.39, 0.29) is 32.0 Å². The molecule has 0 radical (unpaired) electrons. The summed E-state index contributed by atoms with van der Waals surface area (Å²) in [5, 5.41) is 0. The molecule has 0 aliphatic rings. The number of ether oxygens (including phenoxy) is 2. The van der Waals surface area contributed by atoms with Crippen LogP contribution in [0.15, 0.2) is 24.3 Å². The van der Waals surface area contributed by atoms with E-state index < -0.39 is 26.5 Å². The van der Waals surface area contributed by atoms with Crippen molar-refractivity contribution in [2.24, 2.45) is 0 Å². The molecule has 0 rings (SSSR count). The zero-order chi connectivity index (χ0) is 66.9. The van der Waals surface area contributed by atoms with Crippen molar-refractivity contribution in [3.63, 3.8) is 0 Å². The first kappa shape index (κ1) is 90.5. The molecule has 0 bridgehead atoms. The lowest BCUT2D eigenvalue weighted by Crippen LogP contribution is -2.37. The molecule has 546 valence electrons. The largest absolute Gasteiger partial charge is 0.756 e. The zero-order valence-corrected chi connectivity index (χ0v) is 63.4. The predicted octanol–water partition coefficient (Wildman–Crippen LogP) is 26.5. The number of nitrogens with zero attached hydrogens (tertiary/aromatic N) is 1. The standard InChI is InChI=1S/C82H160NO8P/c1-6-8-10-12-14-16-18-20-22-24-26-28-30-32-34-36-38-39-40-41-42-43-45-47-49-51-53-55-57-59-61-63-65-67-69-71-73-75-82(85)91-80(79-90-92(86,87)89-77-76-83(3,4)5)78-88-81(84)74-72-70-68-66-64-62-60-58-56-54-52-50-48-46-44-37-35-33-31-29-27-25-23-21-19-17-15-13-11-9-7-2/h18,20,24,26,80H,6-17,19,21-23,25,27-79H2,1-5H3/b20-18-,26-24-. The summed E-state index contributed by atoms with van der Waals surface area (Å²) in [5.41, 5.74) is 0. The van der Waals surface area contributed by atoms with Gasteiger partial charge >= 0.3 is 11.9 Å². The molecule has 0 amide bonds. The van der Waals surface area contributed by atoms with Gasteiger partial charge in [0, 0.05) is 12.8 Å². The van der Waals surface area contributed by atoms with Gasteiger partial charge in [-0.15, -0.1) is 0 Å². The van der Waals surface area contributed by atoms with Crippen LogP contribution in [0, 0.1) is 0 Å². The Morgan fingerprint density at radius 1 is 0.337 bits per heavy atom. The first-order valence-corrected chi connectivity index (χ1v) is 42.5. The number of phosphoric ester groups is 1. The Balaban J connectivity index is 3.88. The van der Waals surface area contributed by atoms with Crippen LogP contribution in [0.2, 0.25) is 0 Å². The highest BCUT2D eigenvalue weighted by Gasteiger charge is 2.22. The van der Waals surface area contributed by atoms with Crippen LogP contribution in [0.1, 0.15) is 438 Å². The van der Waals surface area contributed by atoms with Gasteiger partial charge in [-0.2, -0.15) is 0 Å². The molecular formula is C82H160NO8P. The Labute approximate surface area is 574 Å². The lowest BCUT2D eigenvalue weighted by atomic mass is 10.0. The van der Waals surface area contributed by atoms with Crippen LogP contribution in [0.5, 0.6) is 0 Å². The van der Waals surface area contributed by atoms with Gasteiger partial charge in [0.1, 0.15) is 19.8 Å². The summed E-state index contributed by atoms with van der Waals surface area (Å²) in [5.74, 6) is -0.803. The van der Waals surface area contributed by atoms with Crippen LogP contribution in [-0.2, 0) is 32.7 Å². The summed E-state index contributed by atoms with van der Waals surface area (Å²) in [7, 11) is 1.20. The number of quaternary nitrogens is 1. The van der Waals surface area contributed by atoms with Crippen molar-refractivity contribution in [3.8, 4) is 0 Å². The number of hydrogen-bond acceptors (Lipinski definition) is 8. The van der Waals surface area contributed by atoms with E-state index in [2.05, 4.69) is 38.2 Å². The molecule has 10 heteroatoms. The average molecular weight is 1320 g/mol. The minimum absolute atomic E-state index is 0.0260. The maximum atomic E-state index is 12.9. The molecular weight excluding hydrogens is 1160 g/mol. The van der Waals surface area contributed by atoms with E-state index in [0.717, 1.165) is 38.5 Å². The molecule has 0 fully saturated rings. The summed E-state index contributed by atoms with van der Waals surface area (Å²) >= 11 is 0. The number of esters is 2. The quantitative estimate of drug-likeness (QED) is 0.0195. The maximum absolute atomic E-state index is 12.9. The maximum Gasteiger partial charge on any atom is 0.306 e. The third kappa shape index (κ3) is 77.5. The summed E-state index contributed by atoms with van der Waals surface area (Å²) < 4.78 is 34.4. The number of carbonyl (C=O) groups is 2. The first-order valence-electron chi connectivity index (χ1n) is 41.0. The third-order valence-electron chi connectivity index (χ3n) is 19.0. The van der Waals surface area contributed by atoms with Crippen LogP contribution in [0.4, 0.5) is 0 Å². The molecule has 0 aromatic carbocycles. The number of phosphoric acid groups is 1. The van der Waals surface area contributed by atoms with Crippen molar-refractivity contribution < 1.29 is 42.1 Å². The van der Waals surface area contributed by atoms with Crippen molar-refractivity contribution in [3.05, 3.63) is 24.3 Å². The summed E-state index contributed by atoms with van der Waals surface area (Å²) in [6, 6.07) is 0. The fourth-order valence-corrected chi connectivity index (χ4v) is 13.4. The Kier molecular flexibility index (Phi) is 72.5. The molecule has 0 aromatic heterocycles. The van der Waals surface area contributed by atoms with Gasteiger partial charge in [-0.25, -0.2) is 0 Å². The Bertz CT molecular complexity index is 1600. The Morgan fingerprint density at radius 3 is 0.859 bits per heavy atom. The number of likely N-dealkylation sites (N-methyl/N-ethyl adjacent to an activating group) is 1. The van der Waals surface area contributed by atoms with E-state index in [4.69, 9.17) is 18.5 Å². The SMILES string of the molecule is CCCCCCC/C=C\C/C=C\CCCCCCCCCCCCCCCCCCCCCCCCCCCC(=O)OC(COC(=O)CCCCCCCCCCCCCCCCCCCCCCCCCCCCCCCCC)COP(=O)([O-])OCC[N+](C)(C)C.